The largest absolute Gasteiger partial charge is 0.379 e. The molecular weight excluding hydrogens is 372 g/mol. The van der Waals surface area contributed by atoms with Gasteiger partial charge in [0.15, 0.2) is 5.78 Å². The summed E-state index contributed by atoms with van der Waals surface area (Å²) in [4.78, 5) is 40.2. The summed E-state index contributed by atoms with van der Waals surface area (Å²) < 4.78 is 7.60. The molecule has 0 radical (unpaired) electrons. The van der Waals surface area contributed by atoms with Crippen molar-refractivity contribution in [3.05, 3.63) is 68.4 Å². The quantitative estimate of drug-likeness (QED) is 0.547. The first kappa shape index (κ1) is 20.8. The van der Waals surface area contributed by atoms with Crippen LogP contribution in [0.3, 0.4) is 0 Å². The number of benzene rings is 1. The summed E-state index contributed by atoms with van der Waals surface area (Å²) in [6.45, 7) is 4.28. The van der Waals surface area contributed by atoms with Gasteiger partial charge in [-0.25, -0.2) is 4.79 Å². The monoisotopic (exact) mass is 398 g/mol. The molecule has 29 heavy (non-hydrogen) atoms. The lowest BCUT2D eigenvalue weighted by molar-refractivity contribution is 0.0398. The SMILES string of the molecule is Cn1c(NCCN2CCOCC2)c(C(=O)C=Cc2ccccc2)c(=O)n(C)c1=O. The lowest BCUT2D eigenvalue weighted by Crippen LogP contribution is -2.43. The molecule has 0 saturated carbocycles. The average Bonchev–Trinajstić information content (AvgIpc) is 2.75. The molecule has 0 atom stereocenters. The summed E-state index contributed by atoms with van der Waals surface area (Å²) in [5.74, 6) is -0.201. The molecule has 8 nitrogen and oxygen atoms in total. The van der Waals surface area contributed by atoms with Crippen LogP contribution in [0.5, 0.6) is 0 Å². The van der Waals surface area contributed by atoms with Crippen LogP contribution in [0.25, 0.3) is 6.08 Å². The first-order valence-corrected chi connectivity index (χ1v) is 9.60. The Morgan fingerprint density at radius 3 is 2.48 bits per heavy atom. The van der Waals surface area contributed by atoms with Crippen LogP contribution in [0, 0.1) is 0 Å². The van der Waals surface area contributed by atoms with Crippen molar-refractivity contribution in [1.82, 2.24) is 14.0 Å². The molecule has 154 valence electrons. The van der Waals surface area contributed by atoms with E-state index in [1.54, 1.807) is 13.1 Å². The van der Waals surface area contributed by atoms with Crippen LogP contribution in [0.15, 0.2) is 46.0 Å². The highest BCUT2D eigenvalue weighted by atomic mass is 16.5. The van der Waals surface area contributed by atoms with Crippen molar-refractivity contribution in [1.29, 1.82) is 0 Å². The number of morpholine rings is 1. The van der Waals surface area contributed by atoms with Gasteiger partial charge in [-0.05, 0) is 11.6 Å². The predicted molar refractivity (Wildman–Crippen MR) is 112 cm³/mol. The number of carbonyl (C=O) groups is 1. The third kappa shape index (κ3) is 4.90. The van der Waals surface area contributed by atoms with Gasteiger partial charge in [0, 0.05) is 40.3 Å². The smallest absolute Gasteiger partial charge is 0.332 e. The van der Waals surface area contributed by atoms with Crippen molar-refractivity contribution >= 4 is 17.7 Å². The van der Waals surface area contributed by atoms with Gasteiger partial charge < -0.3 is 10.1 Å². The summed E-state index contributed by atoms with van der Waals surface area (Å²) in [6.07, 6.45) is 3.02. The molecular formula is C21H26N4O4. The van der Waals surface area contributed by atoms with E-state index < -0.39 is 17.0 Å². The van der Waals surface area contributed by atoms with Crippen LogP contribution in [0.1, 0.15) is 15.9 Å². The zero-order valence-corrected chi connectivity index (χ0v) is 16.8. The van der Waals surface area contributed by atoms with Crippen LogP contribution in [-0.4, -0.2) is 59.2 Å². The third-order valence-corrected chi connectivity index (χ3v) is 4.96. The molecule has 1 aliphatic rings. The van der Waals surface area contributed by atoms with E-state index in [0.717, 1.165) is 29.8 Å². The van der Waals surface area contributed by atoms with Crippen LogP contribution in [0.2, 0.25) is 0 Å². The maximum absolute atomic E-state index is 12.9. The topological polar surface area (TPSA) is 85.6 Å². The number of nitrogens with zero attached hydrogens (tertiary/aromatic N) is 3. The van der Waals surface area contributed by atoms with E-state index >= 15 is 0 Å². The highest BCUT2D eigenvalue weighted by molar-refractivity contribution is 6.09. The molecule has 2 aromatic rings. The molecule has 0 aliphatic carbocycles. The zero-order chi connectivity index (χ0) is 20.8. The normalized spacial score (nSPS) is 15.0. The van der Waals surface area contributed by atoms with Gasteiger partial charge in [0.2, 0.25) is 0 Å². The van der Waals surface area contributed by atoms with Gasteiger partial charge >= 0.3 is 5.69 Å². The van der Waals surface area contributed by atoms with Crippen molar-refractivity contribution < 1.29 is 9.53 Å². The second-order valence-corrected chi connectivity index (χ2v) is 6.92. The van der Waals surface area contributed by atoms with Crippen molar-refractivity contribution in [3.8, 4) is 0 Å². The Bertz CT molecular complexity index is 1000. The average molecular weight is 398 g/mol. The Labute approximate surface area is 169 Å². The van der Waals surface area contributed by atoms with Gasteiger partial charge in [0.25, 0.3) is 5.56 Å². The van der Waals surface area contributed by atoms with Crippen LogP contribution < -0.4 is 16.6 Å². The minimum Gasteiger partial charge on any atom is -0.379 e. The second kappa shape index (κ2) is 9.49. The van der Waals surface area contributed by atoms with Gasteiger partial charge in [0.05, 0.1) is 13.2 Å². The minimum absolute atomic E-state index is 0.0382. The Kier molecular flexibility index (Phi) is 6.79. The van der Waals surface area contributed by atoms with Crippen molar-refractivity contribution in [2.75, 3.05) is 44.7 Å². The number of hydrogen-bond donors (Lipinski definition) is 1. The first-order valence-electron chi connectivity index (χ1n) is 9.60. The van der Waals surface area contributed by atoms with Crippen molar-refractivity contribution in [3.63, 3.8) is 0 Å². The fourth-order valence-electron chi connectivity index (χ4n) is 3.25. The molecule has 0 amide bonds. The van der Waals surface area contributed by atoms with E-state index in [1.165, 1.54) is 17.7 Å². The molecule has 3 rings (SSSR count). The molecule has 1 aliphatic heterocycles. The maximum atomic E-state index is 12.9. The molecule has 1 N–H and O–H groups in total. The number of ether oxygens (including phenoxy) is 1. The predicted octanol–water partition coefficient (Wildman–Crippen LogP) is 0.724. The van der Waals surface area contributed by atoms with Gasteiger partial charge in [-0.1, -0.05) is 36.4 Å². The lowest BCUT2D eigenvalue weighted by atomic mass is 10.1. The van der Waals surface area contributed by atoms with E-state index in [-0.39, 0.29) is 11.4 Å². The Morgan fingerprint density at radius 1 is 1.10 bits per heavy atom. The summed E-state index contributed by atoms with van der Waals surface area (Å²) in [7, 11) is 2.93. The van der Waals surface area contributed by atoms with E-state index in [0.29, 0.717) is 19.8 Å². The number of allylic oxidation sites excluding steroid dienone is 1. The fourth-order valence-corrected chi connectivity index (χ4v) is 3.25. The van der Waals surface area contributed by atoms with Crippen molar-refractivity contribution in [2.45, 2.75) is 0 Å². The number of nitrogens with one attached hydrogen (secondary N) is 1. The van der Waals surface area contributed by atoms with Gasteiger partial charge in [-0.15, -0.1) is 0 Å². The molecule has 0 bridgehead atoms. The van der Waals surface area contributed by atoms with E-state index in [4.69, 9.17) is 4.74 Å². The summed E-state index contributed by atoms with van der Waals surface area (Å²) in [5, 5.41) is 3.13. The number of carbonyl (C=O) groups excluding carboxylic acids is 1. The van der Waals surface area contributed by atoms with Crippen LogP contribution >= 0.6 is 0 Å². The number of rotatable bonds is 7. The highest BCUT2D eigenvalue weighted by Crippen LogP contribution is 2.11. The Morgan fingerprint density at radius 2 is 1.79 bits per heavy atom. The number of aromatic nitrogens is 2. The summed E-state index contributed by atoms with van der Waals surface area (Å²) in [6, 6.07) is 9.36. The van der Waals surface area contributed by atoms with Crippen LogP contribution in [0.4, 0.5) is 5.82 Å². The van der Waals surface area contributed by atoms with Gasteiger partial charge in [-0.2, -0.15) is 0 Å². The number of anilines is 1. The lowest BCUT2D eigenvalue weighted by Gasteiger charge is -2.27. The summed E-state index contributed by atoms with van der Waals surface area (Å²) >= 11 is 0. The standard InChI is InChI=1S/C21H26N4O4/c1-23-19(22-10-11-25-12-14-29-15-13-25)18(20(27)24(2)21(23)28)17(26)9-8-16-6-4-3-5-7-16/h3-9,22H,10-15H2,1-2H3. The highest BCUT2D eigenvalue weighted by Gasteiger charge is 2.20. The van der Waals surface area contributed by atoms with E-state index in [9.17, 15) is 14.4 Å². The Balaban J connectivity index is 1.86. The molecule has 0 spiro atoms. The van der Waals surface area contributed by atoms with Crippen molar-refractivity contribution in [2.24, 2.45) is 14.1 Å². The fraction of sp³-hybridized carbons (Fsp3) is 0.381. The molecule has 0 unspecified atom stereocenters. The molecule has 1 saturated heterocycles. The van der Waals surface area contributed by atoms with Crippen LogP contribution in [-0.2, 0) is 18.8 Å². The first-order chi connectivity index (χ1) is 14.0. The maximum Gasteiger partial charge on any atom is 0.332 e. The van der Waals surface area contributed by atoms with E-state index in [2.05, 4.69) is 10.2 Å². The molecule has 1 aromatic carbocycles. The molecule has 8 heteroatoms. The Hall–Kier alpha value is -2.97. The van der Waals surface area contributed by atoms with Gasteiger partial charge in [-0.3, -0.25) is 23.6 Å². The van der Waals surface area contributed by atoms with Gasteiger partial charge in [0.1, 0.15) is 11.4 Å². The number of hydrogen-bond acceptors (Lipinski definition) is 6. The second-order valence-electron chi connectivity index (χ2n) is 6.92. The molecule has 1 aromatic heterocycles. The molecule has 2 heterocycles. The zero-order valence-electron chi connectivity index (χ0n) is 16.8. The third-order valence-electron chi connectivity index (χ3n) is 4.96. The number of ketones is 1. The summed E-state index contributed by atoms with van der Waals surface area (Å²) in [5.41, 5.74) is -0.273. The van der Waals surface area contributed by atoms with E-state index in [1.807, 2.05) is 30.3 Å². The minimum atomic E-state index is -0.607. The molecule has 1 fully saturated rings.